The van der Waals surface area contributed by atoms with Crippen LogP contribution in [0, 0.1) is 0 Å². The Hall–Kier alpha value is -2.08. The number of amides is 2. The molecule has 3 aliphatic rings. The lowest BCUT2D eigenvalue weighted by Gasteiger charge is -2.20. The average molecular weight is 341 g/mol. The summed E-state index contributed by atoms with van der Waals surface area (Å²) in [5.74, 6) is -0.410. The van der Waals surface area contributed by atoms with Crippen molar-refractivity contribution in [1.82, 2.24) is 4.90 Å². The molecule has 4 rings (SSSR count). The smallest absolute Gasteiger partial charge is 0.287 e. The van der Waals surface area contributed by atoms with E-state index in [1.807, 2.05) is 24.3 Å². The van der Waals surface area contributed by atoms with Gasteiger partial charge in [0.2, 0.25) is 0 Å². The lowest BCUT2D eigenvalue weighted by molar-refractivity contribution is -0.115. The Kier molecular flexibility index (Phi) is 3.92. The van der Waals surface area contributed by atoms with Crippen molar-refractivity contribution >= 4 is 40.0 Å². The molecule has 124 valence electrons. The molecule has 0 saturated carbocycles. The van der Waals surface area contributed by atoms with Gasteiger partial charge >= 0.3 is 0 Å². The molecule has 5 nitrogen and oxygen atoms in total. The Balaban J connectivity index is 1.69. The molecule has 3 heterocycles. The molecule has 0 unspecified atom stereocenters. The first-order valence-electron chi connectivity index (χ1n) is 8.34. The van der Waals surface area contributed by atoms with Gasteiger partial charge in [-0.3, -0.25) is 9.59 Å². The monoisotopic (exact) mass is 341 g/mol. The average Bonchev–Trinajstić information content (AvgIpc) is 2.94. The quantitative estimate of drug-likeness (QED) is 0.681. The number of nitrogens with zero attached hydrogens (tertiary/aromatic N) is 3. The van der Waals surface area contributed by atoms with E-state index in [1.54, 1.807) is 11.9 Å². The number of para-hydroxylation sites is 1. The highest BCUT2D eigenvalue weighted by Gasteiger charge is 2.38. The molecule has 1 aromatic carbocycles. The van der Waals surface area contributed by atoms with Gasteiger partial charge in [0.15, 0.2) is 5.17 Å². The molecule has 0 aromatic heterocycles. The van der Waals surface area contributed by atoms with E-state index in [4.69, 9.17) is 0 Å². The third-order valence-corrected chi connectivity index (χ3v) is 5.86. The van der Waals surface area contributed by atoms with Gasteiger partial charge < -0.3 is 9.80 Å². The van der Waals surface area contributed by atoms with Crippen molar-refractivity contribution in [2.75, 3.05) is 25.0 Å². The third kappa shape index (κ3) is 2.45. The van der Waals surface area contributed by atoms with Gasteiger partial charge in [0.05, 0.1) is 16.2 Å². The molecule has 6 heteroatoms. The number of amidine groups is 1. The van der Waals surface area contributed by atoms with Crippen LogP contribution in [0.2, 0.25) is 0 Å². The summed E-state index contributed by atoms with van der Waals surface area (Å²) < 4.78 is 0. The predicted octanol–water partition coefficient (Wildman–Crippen LogP) is 2.88. The van der Waals surface area contributed by atoms with Crippen LogP contribution in [0.1, 0.15) is 31.2 Å². The van der Waals surface area contributed by atoms with Crippen LogP contribution >= 0.6 is 11.8 Å². The molecular weight excluding hydrogens is 322 g/mol. The van der Waals surface area contributed by atoms with Crippen LogP contribution in [0.15, 0.2) is 34.2 Å². The van der Waals surface area contributed by atoms with E-state index in [0.717, 1.165) is 42.3 Å². The van der Waals surface area contributed by atoms with Gasteiger partial charge in [-0.15, -0.1) is 0 Å². The summed E-state index contributed by atoms with van der Waals surface area (Å²) in [6, 6.07) is 7.60. The Morgan fingerprint density at radius 3 is 2.50 bits per heavy atom. The van der Waals surface area contributed by atoms with Crippen LogP contribution < -0.4 is 4.90 Å². The molecule has 24 heavy (non-hydrogen) atoms. The molecule has 0 bridgehead atoms. The van der Waals surface area contributed by atoms with Gasteiger partial charge in [-0.2, -0.15) is 4.99 Å². The largest absolute Gasteiger partial charge is 0.351 e. The molecule has 0 atom stereocenters. The van der Waals surface area contributed by atoms with Crippen molar-refractivity contribution in [1.29, 1.82) is 0 Å². The van der Waals surface area contributed by atoms with Crippen molar-refractivity contribution < 1.29 is 9.59 Å². The SMILES string of the molecule is CN1C(=O)/C(=C2\SC(N3CCCCCC3)=NC2=O)c2ccccc21. The molecule has 1 saturated heterocycles. The number of anilines is 1. The van der Waals surface area contributed by atoms with E-state index < -0.39 is 0 Å². The molecule has 2 amide bonds. The fourth-order valence-corrected chi connectivity index (χ4v) is 4.49. The Bertz CT molecular complexity index is 776. The number of hydrogen-bond acceptors (Lipinski definition) is 4. The second-order valence-electron chi connectivity index (χ2n) is 6.29. The first-order valence-corrected chi connectivity index (χ1v) is 9.16. The highest BCUT2D eigenvalue weighted by atomic mass is 32.2. The minimum atomic E-state index is -0.285. The van der Waals surface area contributed by atoms with Crippen LogP contribution in [0.25, 0.3) is 5.57 Å². The normalized spacial score (nSPS) is 24.3. The lowest BCUT2D eigenvalue weighted by atomic mass is 10.1. The van der Waals surface area contributed by atoms with E-state index in [1.165, 1.54) is 24.6 Å². The number of rotatable bonds is 0. The van der Waals surface area contributed by atoms with Crippen LogP contribution in [0.5, 0.6) is 0 Å². The van der Waals surface area contributed by atoms with Crippen LogP contribution in [-0.4, -0.2) is 42.0 Å². The zero-order chi connectivity index (χ0) is 16.7. The number of benzene rings is 1. The fourth-order valence-electron chi connectivity index (χ4n) is 3.44. The van der Waals surface area contributed by atoms with Crippen LogP contribution in [0.4, 0.5) is 5.69 Å². The second-order valence-corrected chi connectivity index (χ2v) is 7.27. The number of thioether (sulfide) groups is 1. The highest BCUT2D eigenvalue weighted by molar-refractivity contribution is 8.18. The minimum Gasteiger partial charge on any atom is -0.351 e. The fraction of sp³-hybridized carbons (Fsp3) is 0.389. The van der Waals surface area contributed by atoms with Gasteiger partial charge in [0.1, 0.15) is 0 Å². The van der Waals surface area contributed by atoms with Gasteiger partial charge in [-0.1, -0.05) is 31.0 Å². The molecule has 0 N–H and O–H groups in total. The van der Waals surface area contributed by atoms with Gasteiger partial charge in [-0.25, -0.2) is 0 Å². The summed E-state index contributed by atoms with van der Waals surface area (Å²) >= 11 is 1.36. The first kappa shape index (κ1) is 15.4. The molecule has 0 aliphatic carbocycles. The minimum absolute atomic E-state index is 0.126. The topological polar surface area (TPSA) is 53.0 Å². The third-order valence-electron chi connectivity index (χ3n) is 4.74. The second kappa shape index (κ2) is 6.09. The number of hydrogen-bond donors (Lipinski definition) is 0. The molecule has 1 aromatic rings. The van der Waals surface area contributed by atoms with Gasteiger partial charge in [0, 0.05) is 25.7 Å². The molecule has 1 fully saturated rings. The Labute approximate surface area is 145 Å². The van der Waals surface area contributed by atoms with Crippen LogP contribution in [0.3, 0.4) is 0 Å². The van der Waals surface area contributed by atoms with E-state index in [-0.39, 0.29) is 11.8 Å². The number of aliphatic imine (C=N–C) groups is 1. The summed E-state index contributed by atoms with van der Waals surface area (Å²) in [4.78, 5) is 33.7. The summed E-state index contributed by atoms with van der Waals surface area (Å²) in [5.41, 5.74) is 2.17. The molecule has 0 radical (unpaired) electrons. The molecule has 3 aliphatic heterocycles. The van der Waals surface area contributed by atoms with E-state index in [0.29, 0.717) is 10.5 Å². The van der Waals surface area contributed by atoms with Crippen molar-refractivity contribution in [2.24, 2.45) is 4.99 Å². The zero-order valence-corrected chi connectivity index (χ0v) is 14.4. The summed E-state index contributed by atoms with van der Waals surface area (Å²) in [6.07, 6.45) is 4.72. The zero-order valence-electron chi connectivity index (χ0n) is 13.6. The maximum atomic E-state index is 12.7. The number of carbonyl (C=O) groups is 2. The number of likely N-dealkylation sites (tertiary alicyclic amines) is 1. The maximum Gasteiger partial charge on any atom is 0.287 e. The van der Waals surface area contributed by atoms with E-state index in [9.17, 15) is 9.59 Å². The highest BCUT2D eigenvalue weighted by Crippen LogP contribution is 2.43. The van der Waals surface area contributed by atoms with Crippen LogP contribution in [-0.2, 0) is 9.59 Å². The maximum absolute atomic E-state index is 12.7. The van der Waals surface area contributed by atoms with Crippen molar-refractivity contribution in [2.45, 2.75) is 25.7 Å². The van der Waals surface area contributed by atoms with Gasteiger partial charge in [0.25, 0.3) is 11.8 Å². The van der Waals surface area contributed by atoms with Crippen molar-refractivity contribution in [3.05, 3.63) is 34.7 Å². The Morgan fingerprint density at radius 2 is 1.75 bits per heavy atom. The summed E-state index contributed by atoms with van der Waals surface area (Å²) in [5, 5.41) is 0.754. The van der Waals surface area contributed by atoms with E-state index >= 15 is 0 Å². The van der Waals surface area contributed by atoms with Crippen molar-refractivity contribution in [3.8, 4) is 0 Å². The number of fused-ring (bicyclic) bond motifs is 1. The van der Waals surface area contributed by atoms with Crippen molar-refractivity contribution in [3.63, 3.8) is 0 Å². The molecular formula is C18H19N3O2S. The summed E-state index contributed by atoms with van der Waals surface area (Å²) in [7, 11) is 1.75. The predicted molar refractivity (Wildman–Crippen MR) is 96.8 cm³/mol. The summed E-state index contributed by atoms with van der Waals surface area (Å²) in [6.45, 7) is 1.87. The lowest BCUT2D eigenvalue weighted by Crippen LogP contribution is -2.28. The number of carbonyl (C=O) groups excluding carboxylic acids is 2. The number of likely N-dealkylation sites (N-methyl/N-ethyl adjacent to an activating group) is 1. The first-order chi connectivity index (χ1) is 11.7. The van der Waals surface area contributed by atoms with E-state index in [2.05, 4.69) is 9.89 Å². The Morgan fingerprint density at radius 1 is 1.04 bits per heavy atom. The molecule has 0 spiro atoms. The standard InChI is InChI=1S/C18H19N3O2S/c1-20-13-9-5-4-8-12(13)14(17(20)23)15-16(22)19-18(24-15)21-10-6-2-3-7-11-21/h4-5,8-9H,2-3,6-7,10-11H2,1H3/b15-14-. The van der Waals surface area contributed by atoms with Gasteiger partial charge in [-0.05, 0) is 30.7 Å².